The van der Waals surface area contributed by atoms with Crippen molar-refractivity contribution < 1.29 is 14.5 Å². The number of hydrazine groups is 1. The number of nitrogens with one attached hydrogen (secondary N) is 2. The normalized spacial score (nSPS) is 10.3. The quantitative estimate of drug-likeness (QED) is 0.512. The number of non-ortho nitro benzene ring substituents is 1. The molecule has 2 rings (SSSR count). The summed E-state index contributed by atoms with van der Waals surface area (Å²) in [6.07, 6.45) is 2.58. The number of amides is 2. The Hall–Kier alpha value is -3.48. The Morgan fingerprint density at radius 1 is 1.00 bits per heavy atom. The van der Waals surface area contributed by atoms with Gasteiger partial charge < -0.3 is 0 Å². The Labute approximate surface area is 131 Å². The second-order valence-corrected chi connectivity index (χ2v) is 4.49. The summed E-state index contributed by atoms with van der Waals surface area (Å²) >= 11 is 0. The van der Waals surface area contributed by atoms with E-state index in [-0.39, 0.29) is 5.69 Å². The molecule has 0 saturated heterocycles. The summed E-state index contributed by atoms with van der Waals surface area (Å²) in [4.78, 5) is 33.5. The van der Waals surface area contributed by atoms with Crippen molar-refractivity contribution in [2.24, 2.45) is 0 Å². The number of hydrogen-bond acceptors (Lipinski definition) is 4. The third-order valence-corrected chi connectivity index (χ3v) is 2.84. The average molecular weight is 311 g/mol. The summed E-state index contributed by atoms with van der Waals surface area (Å²) in [6.45, 7) is 0. The van der Waals surface area contributed by atoms with Crippen molar-refractivity contribution in [1.82, 2.24) is 10.9 Å². The van der Waals surface area contributed by atoms with Gasteiger partial charge in [-0.15, -0.1) is 0 Å². The second kappa shape index (κ2) is 7.51. The molecule has 2 amide bonds. The van der Waals surface area contributed by atoms with E-state index in [9.17, 15) is 19.7 Å². The van der Waals surface area contributed by atoms with E-state index in [1.165, 1.54) is 30.4 Å². The van der Waals surface area contributed by atoms with Crippen LogP contribution in [0.1, 0.15) is 15.9 Å². The standard InChI is InChI=1S/C16H13N3O4/c20-15(17-18-16(21)13-6-2-1-3-7-13)10-9-12-5-4-8-14(11-12)19(22)23/h1-11H,(H,17,20)(H,18,21). The number of carbonyl (C=O) groups is 2. The lowest BCUT2D eigenvalue weighted by Crippen LogP contribution is -2.40. The van der Waals surface area contributed by atoms with Gasteiger partial charge in [-0.1, -0.05) is 30.3 Å². The van der Waals surface area contributed by atoms with E-state index < -0.39 is 16.7 Å². The van der Waals surface area contributed by atoms with Crippen LogP contribution in [0.15, 0.2) is 60.7 Å². The van der Waals surface area contributed by atoms with E-state index in [0.29, 0.717) is 11.1 Å². The number of rotatable bonds is 4. The first-order chi connectivity index (χ1) is 11.1. The zero-order valence-electron chi connectivity index (χ0n) is 11.9. The van der Waals surface area contributed by atoms with Crippen LogP contribution < -0.4 is 10.9 Å². The van der Waals surface area contributed by atoms with Crippen LogP contribution in [0.3, 0.4) is 0 Å². The molecule has 2 N–H and O–H groups in total. The number of nitro benzene ring substituents is 1. The highest BCUT2D eigenvalue weighted by Crippen LogP contribution is 2.13. The third-order valence-electron chi connectivity index (χ3n) is 2.84. The predicted molar refractivity (Wildman–Crippen MR) is 84.2 cm³/mol. The van der Waals surface area contributed by atoms with Crippen molar-refractivity contribution in [1.29, 1.82) is 0 Å². The van der Waals surface area contributed by atoms with Crippen LogP contribution in [0.5, 0.6) is 0 Å². The van der Waals surface area contributed by atoms with E-state index in [1.54, 1.807) is 36.4 Å². The molecule has 116 valence electrons. The summed E-state index contributed by atoms with van der Waals surface area (Å²) in [5.41, 5.74) is 5.35. The number of hydrogen-bond donors (Lipinski definition) is 2. The van der Waals surface area contributed by atoms with Gasteiger partial charge >= 0.3 is 0 Å². The van der Waals surface area contributed by atoms with Crippen LogP contribution in [-0.4, -0.2) is 16.7 Å². The van der Waals surface area contributed by atoms with Gasteiger partial charge in [0, 0.05) is 23.8 Å². The number of nitro groups is 1. The minimum Gasteiger partial charge on any atom is -0.268 e. The van der Waals surface area contributed by atoms with E-state index in [1.807, 2.05) is 0 Å². The highest BCUT2D eigenvalue weighted by atomic mass is 16.6. The summed E-state index contributed by atoms with van der Waals surface area (Å²) < 4.78 is 0. The smallest absolute Gasteiger partial charge is 0.268 e. The third kappa shape index (κ3) is 4.78. The molecule has 7 heteroatoms. The van der Waals surface area contributed by atoms with Gasteiger partial charge in [0.15, 0.2) is 0 Å². The molecule has 0 heterocycles. The molecule has 0 atom stereocenters. The minimum atomic E-state index is -0.555. The lowest BCUT2D eigenvalue weighted by Gasteiger charge is -2.04. The summed E-state index contributed by atoms with van der Waals surface area (Å²) in [5, 5.41) is 10.7. The number of carbonyl (C=O) groups excluding carboxylic acids is 2. The monoisotopic (exact) mass is 311 g/mol. The van der Waals surface area contributed by atoms with Crippen molar-refractivity contribution in [3.8, 4) is 0 Å². The van der Waals surface area contributed by atoms with Gasteiger partial charge in [-0.3, -0.25) is 30.6 Å². The Morgan fingerprint density at radius 3 is 2.43 bits per heavy atom. The fourth-order valence-corrected chi connectivity index (χ4v) is 1.74. The van der Waals surface area contributed by atoms with Gasteiger partial charge in [0.05, 0.1) is 4.92 Å². The molecule has 23 heavy (non-hydrogen) atoms. The van der Waals surface area contributed by atoms with E-state index in [4.69, 9.17) is 0 Å². The molecule has 0 radical (unpaired) electrons. The van der Waals surface area contributed by atoms with Crippen LogP contribution in [0.2, 0.25) is 0 Å². The lowest BCUT2D eigenvalue weighted by atomic mass is 10.2. The topological polar surface area (TPSA) is 101 Å². The molecular weight excluding hydrogens is 298 g/mol. The molecule has 7 nitrogen and oxygen atoms in total. The van der Waals surface area contributed by atoms with Crippen molar-refractivity contribution in [2.75, 3.05) is 0 Å². The maximum Gasteiger partial charge on any atom is 0.270 e. The molecule has 0 saturated carbocycles. The molecule has 2 aromatic rings. The highest BCUT2D eigenvalue weighted by molar-refractivity contribution is 5.97. The number of benzene rings is 2. The molecule has 0 fully saturated rings. The Bertz CT molecular complexity index is 757. The van der Waals surface area contributed by atoms with Crippen molar-refractivity contribution >= 4 is 23.6 Å². The highest BCUT2D eigenvalue weighted by Gasteiger charge is 2.06. The van der Waals surface area contributed by atoms with Gasteiger partial charge in [0.25, 0.3) is 17.5 Å². The Balaban J connectivity index is 1.91. The molecule has 0 unspecified atom stereocenters. The SMILES string of the molecule is O=C(C=Cc1cccc([N+](=O)[O-])c1)NNC(=O)c1ccccc1. The zero-order chi connectivity index (χ0) is 16.7. The minimum absolute atomic E-state index is 0.0649. The van der Waals surface area contributed by atoms with Crippen molar-refractivity contribution in [3.05, 3.63) is 81.9 Å². The molecular formula is C16H13N3O4. The summed E-state index contributed by atoms with van der Waals surface area (Å²) in [5.74, 6) is -0.997. The van der Waals surface area contributed by atoms with Crippen LogP contribution >= 0.6 is 0 Å². The van der Waals surface area contributed by atoms with Gasteiger partial charge in [0.1, 0.15) is 0 Å². The van der Waals surface area contributed by atoms with Crippen LogP contribution in [-0.2, 0) is 4.79 Å². The molecule has 0 spiro atoms. The van der Waals surface area contributed by atoms with Crippen LogP contribution in [0, 0.1) is 10.1 Å². The van der Waals surface area contributed by atoms with E-state index >= 15 is 0 Å². The van der Waals surface area contributed by atoms with Gasteiger partial charge in [-0.05, 0) is 23.8 Å². The first-order valence-corrected chi connectivity index (χ1v) is 6.64. The van der Waals surface area contributed by atoms with E-state index in [0.717, 1.165) is 0 Å². The fraction of sp³-hybridized carbons (Fsp3) is 0. The van der Waals surface area contributed by atoms with Gasteiger partial charge in [0.2, 0.25) is 0 Å². The Morgan fingerprint density at radius 2 is 1.74 bits per heavy atom. The van der Waals surface area contributed by atoms with E-state index in [2.05, 4.69) is 10.9 Å². The molecule has 0 aromatic heterocycles. The first-order valence-electron chi connectivity index (χ1n) is 6.64. The van der Waals surface area contributed by atoms with Crippen molar-refractivity contribution in [3.63, 3.8) is 0 Å². The molecule has 0 aliphatic carbocycles. The number of nitrogens with zero attached hydrogens (tertiary/aromatic N) is 1. The molecule has 0 aliphatic heterocycles. The molecule has 0 bridgehead atoms. The fourth-order valence-electron chi connectivity index (χ4n) is 1.74. The first kappa shape index (κ1) is 15.9. The average Bonchev–Trinajstić information content (AvgIpc) is 2.58. The second-order valence-electron chi connectivity index (χ2n) is 4.49. The van der Waals surface area contributed by atoms with Crippen molar-refractivity contribution in [2.45, 2.75) is 0 Å². The summed E-state index contributed by atoms with van der Waals surface area (Å²) in [7, 11) is 0. The largest absolute Gasteiger partial charge is 0.270 e. The maximum atomic E-state index is 11.7. The zero-order valence-corrected chi connectivity index (χ0v) is 11.9. The predicted octanol–water partition coefficient (Wildman–Crippen LogP) is 2.07. The summed E-state index contributed by atoms with van der Waals surface area (Å²) in [6, 6.07) is 14.3. The lowest BCUT2D eigenvalue weighted by molar-refractivity contribution is -0.384. The van der Waals surface area contributed by atoms with Crippen LogP contribution in [0.25, 0.3) is 6.08 Å². The maximum absolute atomic E-state index is 11.7. The van der Waals surface area contributed by atoms with Crippen LogP contribution in [0.4, 0.5) is 5.69 Å². The van der Waals surface area contributed by atoms with Gasteiger partial charge in [-0.2, -0.15) is 0 Å². The molecule has 0 aliphatic rings. The Kier molecular flexibility index (Phi) is 5.19. The molecule has 2 aromatic carbocycles. The van der Waals surface area contributed by atoms with Gasteiger partial charge in [-0.25, -0.2) is 0 Å².